The first-order valence-corrected chi connectivity index (χ1v) is 6.02. The van der Waals surface area contributed by atoms with Crippen LogP contribution in [0.5, 0.6) is 0 Å². The van der Waals surface area contributed by atoms with E-state index in [1.165, 1.54) is 6.92 Å². The predicted octanol–water partition coefficient (Wildman–Crippen LogP) is 2.62. The number of rotatable bonds is 4. The number of azo groups is 1. The molecule has 0 aliphatic heterocycles. The number of amidine groups is 1. The lowest BCUT2D eigenvalue weighted by atomic mass is 10.2. The van der Waals surface area contributed by atoms with Crippen molar-refractivity contribution in [2.45, 2.75) is 33.7 Å². The minimum atomic E-state index is -2.37. The SMILES string of the molecule is [2H]C([2H])([2H])S\C(N=NC(C)/C(C)=N/O)=N/N=C(C)/C(C)=N/O. The molecule has 0 saturated carbocycles. The normalized spacial score (nSPS) is 20.1. The van der Waals surface area contributed by atoms with Crippen molar-refractivity contribution in [1.82, 2.24) is 0 Å². The third kappa shape index (κ3) is 6.65. The van der Waals surface area contributed by atoms with Crippen LogP contribution in [0.25, 0.3) is 0 Å². The molecule has 0 heterocycles. The van der Waals surface area contributed by atoms with Gasteiger partial charge in [-0.3, -0.25) is 0 Å². The van der Waals surface area contributed by atoms with E-state index in [0.717, 1.165) is 0 Å². The Morgan fingerprint density at radius 1 is 1.11 bits per heavy atom. The molecule has 0 aromatic rings. The first-order valence-electron chi connectivity index (χ1n) is 6.70. The van der Waals surface area contributed by atoms with Crippen LogP contribution in [0.2, 0.25) is 0 Å². The van der Waals surface area contributed by atoms with Gasteiger partial charge in [0.2, 0.25) is 5.17 Å². The second-order valence-corrected chi connectivity index (χ2v) is 4.06. The zero-order valence-electron chi connectivity index (χ0n) is 14.1. The van der Waals surface area contributed by atoms with Crippen LogP contribution in [0.1, 0.15) is 31.8 Å². The van der Waals surface area contributed by atoms with Crippen LogP contribution in [0.3, 0.4) is 0 Å². The molecule has 0 amide bonds. The Hall–Kier alpha value is -1.77. The standard InChI is InChI=1S/C10H18N6O2S/c1-6(8(3)15-17)11-13-10(19-5)14-12-7(2)9(4)16-18/h6,17-18H,1-5H3/b12-7+,13-11?,14-10-,15-8+,16-9+/i5D3. The van der Waals surface area contributed by atoms with Crippen LogP contribution in [0, 0.1) is 0 Å². The molecule has 0 fully saturated rings. The van der Waals surface area contributed by atoms with Gasteiger partial charge in [0.05, 0.1) is 17.1 Å². The van der Waals surface area contributed by atoms with Crippen LogP contribution < -0.4 is 0 Å². The average Bonchev–Trinajstić information content (AvgIpc) is 2.45. The van der Waals surface area contributed by atoms with Gasteiger partial charge in [-0.1, -0.05) is 22.1 Å². The van der Waals surface area contributed by atoms with Gasteiger partial charge in [0, 0.05) is 4.11 Å². The van der Waals surface area contributed by atoms with Gasteiger partial charge in [0.15, 0.2) is 0 Å². The molecule has 8 nitrogen and oxygen atoms in total. The van der Waals surface area contributed by atoms with Crippen LogP contribution in [0.15, 0.2) is 30.7 Å². The van der Waals surface area contributed by atoms with Gasteiger partial charge in [-0.05, 0) is 33.9 Å². The number of hydrogen-bond donors (Lipinski definition) is 2. The van der Waals surface area contributed by atoms with Crippen molar-refractivity contribution < 1.29 is 14.5 Å². The first-order chi connectivity index (χ1) is 10.1. The number of nitrogens with zero attached hydrogens (tertiary/aromatic N) is 6. The minimum absolute atomic E-state index is 0.192. The van der Waals surface area contributed by atoms with E-state index in [2.05, 4.69) is 30.7 Å². The molecule has 1 atom stereocenters. The van der Waals surface area contributed by atoms with Crippen LogP contribution in [-0.2, 0) is 0 Å². The molecule has 0 saturated heterocycles. The molecule has 9 heteroatoms. The Labute approximate surface area is 120 Å². The van der Waals surface area contributed by atoms with E-state index in [0.29, 0.717) is 23.2 Å². The maximum Gasteiger partial charge on any atom is 0.229 e. The van der Waals surface area contributed by atoms with Crippen molar-refractivity contribution in [3.8, 4) is 0 Å². The van der Waals surface area contributed by atoms with Gasteiger partial charge >= 0.3 is 0 Å². The van der Waals surface area contributed by atoms with Gasteiger partial charge < -0.3 is 10.4 Å². The molecular weight excluding hydrogens is 268 g/mol. The molecule has 0 aliphatic carbocycles. The van der Waals surface area contributed by atoms with Crippen molar-refractivity contribution in [1.29, 1.82) is 0 Å². The lowest BCUT2D eigenvalue weighted by Gasteiger charge is -2.01. The summed E-state index contributed by atoms with van der Waals surface area (Å²) in [5, 5.41) is 37.9. The molecule has 0 rings (SSSR count). The highest BCUT2D eigenvalue weighted by molar-refractivity contribution is 8.13. The minimum Gasteiger partial charge on any atom is -0.411 e. The highest BCUT2D eigenvalue weighted by Gasteiger charge is 2.04. The third-order valence-corrected chi connectivity index (χ3v) is 2.48. The monoisotopic (exact) mass is 289 g/mol. The molecule has 0 aliphatic rings. The fourth-order valence-corrected chi connectivity index (χ4v) is 0.796. The van der Waals surface area contributed by atoms with E-state index in [-0.39, 0.29) is 10.9 Å². The smallest absolute Gasteiger partial charge is 0.229 e. The maximum atomic E-state index is 8.62. The summed E-state index contributed by atoms with van der Waals surface area (Å²) in [5.74, 6) is 0. The summed E-state index contributed by atoms with van der Waals surface area (Å²) in [7, 11) is 0. The van der Waals surface area contributed by atoms with Gasteiger partial charge in [0.25, 0.3) is 0 Å². The molecule has 1 unspecified atom stereocenters. The number of oxime groups is 2. The van der Waals surface area contributed by atoms with Crippen molar-refractivity contribution in [3.63, 3.8) is 0 Å². The fourth-order valence-electron chi connectivity index (χ4n) is 0.626. The molecule has 0 aromatic carbocycles. The molecule has 0 spiro atoms. The summed E-state index contributed by atoms with van der Waals surface area (Å²) >= 11 is 0.402. The summed E-state index contributed by atoms with van der Waals surface area (Å²) < 4.78 is 21.6. The van der Waals surface area contributed by atoms with Crippen LogP contribution >= 0.6 is 11.8 Å². The Bertz CT molecular complexity index is 527. The molecule has 0 bridgehead atoms. The van der Waals surface area contributed by atoms with E-state index in [9.17, 15) is 0 Å². The van der Waals surface area contributed by atoms with Crippen molar-refractivity contribution in [3.05, 3.63) is 0 Å². The third-order valence-electron chi connectivity index (χ3n) is 2.13. The zero-order chi connectivity index (χ0) is 17.3. The van der Waals surface area contributed by atoms with Crippen molar-refractivity contribution in [2.75, 3.05) is 6.18 Å². The average molecular weight is 289 g/mol. The molecule has 2 N–H and O–H groups in total. The molecule has 106 valence electrons. The van der Waals surface area contributed by atoms with Crippen LogP contribution in [-0.4, -0.2) is 44.9 Å². The molecular formula is C10H18N6O2S. The Kier molecular flexibility index (Phi) is 5.94. The highest BCUT2D eigenvalue weighted by Crippen LogP contribution is 2.04. The van der Waals surface area contributed by atoms with Gasteiger partial charge in [-0.15, -0.1) is 10.2 Å². The maximum absolute atomic E-state index is 8.62. The van der Waals surface area contributed by atoms with E-state index >= 15 is 0 Å². The summed E-state index contributed by atoms with van der Waals surface area (Å²) in [5.41, 5.74) is 0.836. The molecule has 0 radical (unpaired) electrons. The Balaban J connectivity index is 5.35. The quantitative estimate of drug-likeness (QED) is 0.272. The largest absolute Gasteiger partial charge is 0.411 e. The second-order valence-electron chi connectivity index (χ2n) is 3.49. The van der Waals surface area contributed by atoms with Gasteiger partial charge in [-0.25, -0.2) is 0 Å². The van der Waals surface area contributed by atoms with Crippen LogP contribution in [0.4, 0.5) is 0 Å². The lowest BCUT2D eigenvalue weighted by Crippen LogP contribution is -2.10. The van der Waals surface area contributed by atoms with Crippen molar-refractivity contribution in [2.24, 2.45) is 30.7 Å². The summed E-state index contributed by atoms with van der Waals surface area (Å²) in [6.07, 6.45) is -2.37. The van der Waals surface area contributed by atoms with Crippen molar-refractivity contribution >= 4 is 34.1 Å². The van der Waals surface area contributed by atoms with E-state index in [1.54, 1.807) is 20.8 Å². The summed E-state index contributed by atoms with van der Waals surface area (Å²) in [4.78, 5) is 0. The van der Waals surface area contributed by atoms with E-state index in [4.69, 9.17) is 14.5 Å². The van der Waals surface area contributed by atoms with Gasteiger partial charge in [0.1, 0.15) is 6.04 Å². The molecule has 19 heavy (non-hydrogen) atoms. The fraction of sp³-hybridized carbons (Fsp3) is 0.600. The van der Waals surface area contributed by atoms with Gasteiger partial charge in [-0.2, -0.15) is 10.2 Å². The zero-order valence-corrected chi connectivity index (χ0v) is 11.9. The summed E-state index contributed by atoms with van der Waals surface area (Å²) in [6, 6.07) is -0.543. The van der Waals surface area contributed by atoms with E-state index in [1.807, 2.05) is 0 Å². The number of thioether (sulfide) groups is 1. The number of hydrogen-bond acceptors (Lipinski definition) is 8. The lowest BCUT2D eigenvalue weighted by molar-refractivity contribution is 0.316. The Morgan fingerprint density at radius 3 is 2.32 bits per heavy atom. The predicted molar refractivity (Wildman–Crippen MR) is 78.2 cm³/mol. The summed E-state index contributed by atoms with van der Waals surface area (Å²) in [6.45, 7) is 6.21. The second kappa shape index (κ2) is 9.20. The molecule has 0 aromatic heterocycles. The highest BCUT2D eigenvalue weighted by atomic mass is 32.2. The topological polar surface area (TPSA) is 115 Å². The Morgan fingerprint density at radius 2 is 1.79 bits per heavy atom. The van der Waals surface area contributed by atoms with E-state index < -0.39 is 12.2 Å². The first kappa shape index (κ1) is 12.3.